The Balaban J connectivity index is 0.000000172. The molecule has 0 unspecified atom stereocenters. The van der Waals surface area contributed by atoms with Crippen molar-refractivity contribution in [2.75, 3.05) is 0 Å². The van der Waals surface area contributed by atoms with Crippen molar-refractivity contribution < 1.29 is 21.1 Å². The van der Waals surface area contributed by atoms with Crippen LogP contribution in [0.25, 0.3) is 16.8 Å². The molecule has 1 heterocycles. The van der Waals surface area contributed by atoms with E-state index in [1.807, 2.05) is 48.8 Å². The molecule has 0 bridgehead atoms. The van der Waals surface area contributed by atoms with Gasteiger partial charge in [0, 0.05) is 12.4 Å². The van der Waals surface area contributed by atoms with Gasteiger partial charge < -0.3 is 23.2 Å². The molecule has 0 amide bonds. The summed E-state index contributed by atoms with van der Waals surface area (Å²) in [5.74, 6) is 0. The molecular formula is C16H13NW. The predicted octanol–water partition coefficient (Wildman–Crippen LogP) is 4.10. The van der Waals surface area contributed by atoms with Gasteiger partial charge >= 0.3 is 21.1 Å². The molecule has 88 valence electrons. The van der Waals surface area contributed by atoms with Crippen molar-refractivity contribution in [2.24, 2.45) is 0 Å². The zero-order valence-electron chi connectivity index (χ0n) is 9.84. The third-order valence-electron chi connectivity index (χ3n) is 2.39. The molecule has 0 aliphatic carbocycles. The second kappa shape index (κ2) is 7.68. The van der Waals surface area contributed by atoms with E-state index in [2.05, 4.69) is 23.2 Å². The molecule has 0 aliphatic rings. The molecule has 1 aromatic heterocycles. The number of nitrogens with one attached hydrogen (secondary N) is 1. The van der Waals surface area contributed by atoms with E-state index in [0.29, 0.717) is 0 Å². The number of benzene rings is 2. The Hall–Kier alpha value is -1.59. The normalized spacial score (nSPS) is 8.89. The molecule has 3 rings (SSSR count). The van der Waals surface area contributed by atoms with Crippen LogP contribution >= 0.6 is 0 Å². The fourth-order valence-electron chi connectivity index (χ4n) is 1.51. The molecule has 3 aromatic rings. The summed E-state index contributed by atoms with van der Waals surface area (Å²) in [4.78, 5) is 3.04. The first-order valence-corrected chi connectivity index (χ1v) is 5.43. The van der Waals surface area contributed by atoms with E-state index in [0.717, 1.165) is 5.56 Å². The Labute approximate surface area is 122 Å². The van der Waals surface area contributed by atoms with Gasteiger partial charge in [-0.15, -0.1) is 6.07 Å². The van der Waals surface area contributed by atoms with Crippen LogP contribution in [0.5, 0.6) is 0 Å². The predicted molar refractivity (Wildman–Crippen MR) is 72.3 cm³/mol. The second-order valence-electron chi connectivity index (χ2n) is 3.57. The fourth-order valence-corrected chi connectivity index (χ4v) is 1.51. The number of fused-ring (bicyclic) bond motifs is 1. The summed E-state index contributed by atoms with van der Waals surface area (Å²) < 4.78 is 0. The smallest absolute Gasteiger partial charge is 0.366 e. The van der Waals surface area contributed by atoms with E-state index in [1.165, 1.54) is 16.8 Å². The summed E-state index contributed by atoms with van der Waals surface area (Å²) in [7, 11) is 0. The molecule has 0 saturated heterocycles. The molecule has 1 N–H and O–H groups in total. The van der Waals surface area contributed by atoms with Crippen LogP contribution in [0.4, 0.5) is 0 Å². The number of aromatic nitrogens is 1. The summed E-state index contributed by atoms with van der Waals surface area (Å²) in [6, 6.07) is 18.8. The molecule has 2 heteroatoms. The number of hydrogen-bond acceptors (Lipinski definition) is 0. The molecule has 2 aromatic carbocycles. The van der Waals surface area contributed by atoms with Gasteiger partial charge in [-0.2, -0.15) is 12.1 Å². The average molecular weight is 403 g/mol. The van der Waals surface area contributed by atoms with Crippen LogP contribution in [0.3, 0.4) is 0 Å². The minimum Gasteiger partial charge on any atom is -0.366 e. The van der Waals surface area contributed by atoms with Crippen LogP contribution in [0.2, 0.25) is 0 Å². The fraction of sp³-hybridized carbons (Fsp3) is 0. The van der Waals surface area contributed by atoms with Gasteiger partial charge in [-0.1, -0.05) is 24.3 Å². The van der Waals surface area contributed by atoms with Gasteiger partial charge in [0.2, 0.25) is 0 Å². The number of aromatic amines is 1. The Bertz CT molecular complexity index is 554. The molecule has 18 heavy (non-hydrogen) atoms. The topological polar surface area (TPSA) is 15.8 Å². The van der Waals surface area contributed by atoms with Crippen molar-refractivity contribution in [3.05, 3.63) is 79.1 Å². The maximum Gasteiger partial charge on any atom is 2.00 e. The van der Waals surface area contributed by atoms with E-state index in [1.54, 1.807) is 0 Å². The summed E-state index contributed by atoms with van der Waals surface area (Å²) in [5.41, 5.74) is 0.938. The van der Waals surface area contributed by atoms with Crippen molar-refractivity contribution in [2.45, 2.75) is 0 Å². The number of H-pyrrole nitrogens is 1. The SMILES string of the molecule is [CH-]=Cc1[c-]cccc1.[W+2].c1ccc2c[nH]cc2c1. The first kappa shape index (κ1) is 14.5. The quantitative estimate of drug-likeness (QED) is 0.590. The molecule has 0 radical (unpaired) electrons. The third-order valence-corrected chi connectivity index (χ3v) is 2.39. The maximum absolute atomic E-state index is 5.19. The number of hydrogen-bond donors (Lipinski definition) is 1. The molecule has 0 aliphatic heterocycles. The first-order valence-electron chi connectivity index (χ1n) is 5.43. The monoisotopic (exact) mass is 403 g/mol. The second-order valence-corrected chi connectivity index (χ2v) is 3.57. The van der Waals surface area contributed by atoms with Crippen molar-refractivity contribution in [3.63, 3.8) is 0 Å². The summed E-state index contributed by atoms with van der Waals surface area (Å²) in [5, 5.41) is 2.55. The van der Waals surface area contributed by atoms with Gasteiger partial charge in [0.25, 0.3) is 0 Å². The van der Waals surface area contributed by atoms with Gasteiger partial charge in [0.15, 0.2) is 0 Å². The van der Waals surface area contributed by atoms with Crippen molar-refractivity contribution >= 4 is 16.8 Å². The van der Waals surface area contributed by atoms with Crippen molar-refractivity contribution in [1.29, 1.82) is 0 Å². The molecule has 1 nitrogen and oxygen atoms in total. The Morgan fingerprint density at radius 3 is 2.00 bits per heavy atom. The average Bonchev–Trinajstić information content (AvgIpc) is 2.89. The van der Waals surface area contributed by atoms with Crippen LogP contribution in [-0.2, 0) is 21.1 Å². The van der Waals surface area contributed by atoms with E-state index in [-0.39, 0.29) is 21.1 Å². The number of rotatable bonds is 1. The van der Waals surface area contributed by atoms with Gasteiger partial charge in [-0.25, -0.2) is 12.1 Å². The maximum atomic E-state index is 5.19. The molecule has 0 saturated carbocycles. The Morgan fingerprint density at radius 1 is 0.944 bits per heavy atom. The molecule has 0 atom stereocenters. The van der Waals surface area contributed by atoms with Crippen LogP contribution in [0.1, 0.15) is 5.56 Å². The minimum atomic E-state index is 0. The van der Waals surface area contributed by atoms with Gasteiger partial charge in [-0.05, 0) is 10.8 Å². The van der Waals surface area contributed by atoms with Crippen molar-refractivity contribution in [1.82, 2.24) is 4.98 Å². The van der Waals surface area contributed by atoms with E-state index in [9.17, 15) is 0 Å². The summed E-state index contributed by atoms with van der Waals surface area (Å²) >= 11 is 0. The Morgan fingerprint density at radius 2 is 1.56 bits per heavy atom. The summed E-state index contributed by atoms with van der Waals surface area (Å²) in [6.45, 7) is 5.19. The van der Waals surface area contributed by atoms with Crippen LogP contribution in [-0.4, -0.2) is 4.98 Å². The zero-order valence-corrected chi connectivity index (χ0v) is 12.8. The standard InChI is InChI=1S/C8H7N.C8H6.W/c1-2-4-8-6-9-5-7(8)3-1;1-2-8-6-4-3-5-7-8;/h1-6,9H;1-6H;/q;-2;+2. The molecule has 0 spiro atoms. The van der Waals surface area contributed by atoms with Crippen LogP contribution in [0, 0.1) is 12.6 Å². The van der Waals surface area contributed by atoms with Crippen LogP contribution in [0.15, 0.2) is 60.9 Å². The van der Waals surface area contributed by atoms with Crippen LogP contribution < -0.4 is 0 Å². The largest absolute Gasteiger partial charge is 2.00 e. The Kier molecular flexibility index (Phi) is 6.17. The zero-order chi connectivity index (χ0) is 11.9. The molecule has 0 fully saturated rings. The van der Waals surface area contributed by atoms with E-state index < -0.39 is 0 Å². The van der Waals surface area contributed by atoms with Gasteiger partial charge in [-0.3, -0.25) is 0 Å². The van der Waals surface area contributed by atoms with Gasteiger partial charge in [0.05, 0.1) is 0 Å². The third kappa shape index (κ3) is 4.01. The molecular weight excluding hydrogens is 390 g/mol. The minimum absolute atomic E-state index is 0. The summed E-state index contributed by atoms with van der Waals surface area (Å²) in [6.07, 6.45) is 5.52. The first-order chi connectivity index (χ1) is 8.40. The van der Waals surface area contributed by atoms with Crippen molar-refractivity contribution in [3.8, 4) is 0 Å². The van der Waals surface area contributed by atoms with E-state index in [4.69, 9.17) is 6.58 Å². The van der Waals surface area contributed by atoms with Gasteiger partial charge in [0.1, 0.15) is 0 Å². The van der Waals surface area contributed by atoms with E-state index >= 15 is 0 Å².